The number of hydrogen-bond donors (Lipinski definition) is 0. The Kier molecular flexibility index (Phi) is 5.02. The second-order valence-corrected chi connectivity index (χ2v) is 5.35. The molecule has 1 aromatic carbocycles. The zero-order valence-electron chi connectivity index (χ0n) is 12.9. The van der Waals surface area contributed by atoms with Crippen LogP contribution in [0.4, 0.5) is 5.82 Å². The molecule has 1 aromatic heterocycles. The molecule has 1 aliphatic rings. The van der Waals surface area contributed by atoms with Crippen molar-refractivity contribution >= 4 is 5.82 Å². The third kappa shape index (κ3) is 3.96. The van der Waals surface area contributed by atoms with Crippen molar-refractivity contribution < 1.29 is 4.74 Å². The van der Waals surface area contributed by atoms with Gasteiger partial charge in [-0.3, -0.25) is 9.88 Å². The van der Waals surface area contributed by atoms with Gasteiger partial charge in [-0.1, -0.05) is 12.1 Å². The van der Waals surface area contributed by atoms with Crippen LogP contribution in [-0.2, 0) is 0 Å². The fourth-order valence-electron chi connectivity index (χ4n) is 2.62. The fraction of sp³-hybridized carbons (Fsp3) is 0.353. The highest BCUT2D eigenvalue weighted by Gasteiger charge is 2.17. The summed E-state index contributed by atoms with van der Waals surface area (Å²) in [4.78, 5) is 13.1. The Labute approximate surface area is 136 Å². The van der Waals surface area contributed by atoms with E-state index in [1.165, 1.54) is 0 Å². The molecule has 1 fully saturated rings. The van der Waals surface area contributed by atoms with Gasteiger partial charge in [0, 0.05) is 45.1 Å². The minimum atomic E-state index is 0.583. The average molecular weight is 309 g/mol. The first-order valence-corrected chi connectivity index (χ1v) is 7.72. The summed E-state index contributed by atoms with van der Waals surface area (Å²) in [6.07, 6.45) is 5.22. The van der Waals surface area contributed by atoms with Gasteiger partial charge in [-0.15, -0.1) is 0 Å². The van der Waals surface area contributed by atoms with E-state index in [1.54, 1.807) is 24.7 Å². The summed E-state index contributed by atoms with van der Waals surface area (Å²) in [5, 5.41) is 9.05. The Bertz CT molecular complexity index is 662. The maximum atomic E-state index is 9.05. The van der Waals surface area contributed by atoms with Crippen LogP contribution in [-0.4, -0.2) is 54.2 Å². The Morgan fingerprint density at radius 1 is 1.13 bits per heavy atom. The van der Waals surface area contributed by atoms with Crippen molar-refractivity contribution in [2.24, 2.45) is 0 Å². The molecule has 3 rings (SSSR count). The Morgan fingerprint density at radius 3 is 2.70 bits per heavy atom. The minimum Gasteiger partial charge on any atom is -0.491 e. The summed E-state index contributed by atoms with van der Waals surface area (Å²) in [6.45, 7) is 5.26. The number of nitrogens with zero attached hydrogens (tertiary/aromatic N) is 5. The number of rotatable bonds is 5. The monoisotopic (exact) mass is 309 g/mol. The van der Waals surface area contributed by atoms with Crippen LogP contribution >= 0.6 is 0 Å². The van der Waals surface area contributed by atoms with Gasteiger partial charge in [0.05, 0.1) is 11.8 Å². The Hall–Kier alpha value is -2.65. The Morgan fingerprint density at radius 2 is 1.96 bits per heavy atom. The first-order valence-electron chi connectivity index (χ1n) is 7.72. The second kappa shape index (κ2) is 7.56. The average Bonchev–Trinajstić information content (AvgIpc) is 2.63. The van der Waals surface area contributed by atoms with Crippen molar-refractivity contribution in [2.45, 2.75) is 0 Å². The molecule has 0 spiro atoms. The molecule has 0 amide bonds. The topological polar surface area (TPSA) is 65.3 Å². The van der Waals surface area contributed by atoms with Crippen molar-refractivity contribution in [1.29, 1.82) is 5.26 Å². The minimum absolute atomic E-state index is 0.583. The van der Waals surface area contributed by atoms with Gasteiger partial charge < -0.3 is 9.64 Å². The van der Waals surface area contributed by atoms with E-state index >= 15 is 0 Å². The van der Waals surface area contributed by atoms with Crippen LogP contribution in [0.5, 0.6) is 5.75 Å². The lowest BCUT2D eigenvalue weighted by Gasteiger charge is -2.35. The first kappa shape index (κ1) is 15.3. The largest absolute Gasteiger partial charge is 0.491 e. The van der Waals surface area contributed by atoms with Crippen LogP contribution in [0.25, 0.3) is 0 Å². The number of aromatic nitrogens is 2. The van der Waals surface area contributed by atoms with Crippen LogP contribution in [0.1, 0.15) is 5.56 Å². The van der Waals surface area contributed by atoms with Crippen molar-refractivity contribution in [3.8, 4) is 11.8 Å². The summed E-state index contributed by atoms with van der Waals surface area (Å²) in [5.41, 5.74) is 0.583. The summed E-state index contributed by atoms with van der Waals surface area (Å²) < 4.78 is 5.74. The maximum absolute atomic E-state index is 9.05. The lowest BCUT2D eigenvalue weighted by atomic mass is 10.2. The molecule has 23 heavy (non-hydrogen) atoms. The number of hydrogen-bond acceptors (Lipinski definition) is 6. The summed E-state index contributed by atoms with van der Waals surface area (Å²) in [7, 11) is 0. The molecular formula is C17H19N5O. The van der Waals surface area contributed by atoms with Gasteiger partial charge in [0.25, 0.3) is 0 Å². The van der Waals surface area contributed by atoms with E-state index in [0.29, 0.717) is 17.9 Å². The molecule has 6 nitrogen and oxygen atoms in total. The lowest BCUT2D eigenvalue weighted by molar-refractivity contribution is 0.200. The van der Waals surface area contributed by atoms with Gasteiger partial charge in [0.1, 0.15) is 24.2 Å². The molecule has 0 N–H and O–H groups in total. The maximum Gasteiger partial charge on any atom is 0.147 e. The lowest BCUT2D eigenvalue weighted by Crippen LogP contribution is -2.47. The number of anilines is 1. The molecule has 0 radical (unpaired) electrons. The zero-order chi connectivity index (χ0) is 15.9. The molecule has 0 aliphatic carbocycles. The number of para-hydroxylation sites is 1. The van der Waals surface area contributed by atoms with Gasteiger partial charge >= 0.3 is 0 Å². The van der Waals surface area contributed by atoms with Crippen molar-refractivity contribution in [3.05, 3.63) is 48.4 Å². The molecule has 1 aliphatic heterocycles. The van der Waals surface area contributed by atoms with E-state index in [4.69, 9.17) is 10.00 Å². The third-order valence-corrected chi connectivity index (χ3v) is 3.92. The van der Waals surface area contributed by atoms with Crippen molar-refractivity contribution in [1.82, 2.24) is 14.9 Å². The van der Waals surface area contributed by atoms with Gasteiger partial charge in [0.15, 0.2) is 0 Å². The third-order valence-electron chi connectivity index (χ3n) is 3.92. The Balaban J connectivity index is 1.44. The molecule has 6 heteroatoms. The SMILES string of the molecule is N#Cc1ccccc1OCCN1CCN(c2cnccn2)CC1. The van der Waals surface area contributed by atoms with E-state index in [0.717, 1.165) is 38.5 Å². The van der Waals surface area contributed by atoms with E-state index in [9.17, 15) is 0 Å². The number of benzene rings is 1. The van der Waals surface area contributed by atoms with Gasteiger partial charge in [-0.2, -0.15) is 5.26 Å². The molecule has 0 bridgehead atoms. The second-order valence-electron chi connectivity index (χ2n) is 5.35. The highest BCUT2D eigenvalue weighted by Crippen LogP contribution is 2.16. The first-order chi connectivity index (χ1) is 11.4. The number of ether oxygens (including phenoxy) is 1. The predicted octanol–water partition coefficient (Wildman–Crippen LogP) is 1.55. The van der Waals surface area contributed by atoms with Gasteiger partial charge in [-0.25, -0.2) is 4.98 Å². The summed E-state index contributed by atoms with van der Waals surface area (Å²) >= 11 is 0. The van der Waals surface area contributed by atoms with Crippen molar-refractivity contribution in [2.75, 3.05) is 44.2 Å². The molecule has 2 aromatic rings. The smallest absolute Gasteiger partial charge is 0.147 e. The normalized spacial score (nSPS) is 15.2. The van der Waals surface area contributed by atoms with E-state index in [2.05, 4.69) is 25.8 Å². The highest BCUT2D eigenvalue weighted by molar-refractivity contribution is 5.42. The summed E-state index contributed by atoms with van der Waals surface area (Å²) in [5.74, 6) is 1.60. The van der Waals surface area contributed by atoms with Crippen LogP contribution < -0.4 is 9.64 Å². The summed E-state index contributed by atoms with van der Waals surface area (Å²) in [6, 6.07) is 9.49. The molecule has 118 valence electrons. The number of piperazine rings is 1. The van der Waals surface area contributed by atoms with Gasteiger partial charge in [-0.05, 0) is 12.1 Å². The quantitative estimate of drug-likeness (QED) is 0.835. The van der Waals surface area contributed by atoms with Crippen LogP contribution in [0, 0.1) is 11.3 Å². The van der Waals surface area contributed by atoms with Crippen molar-refractivity contribution in [3.63, 3.8) is 0 Å². The highest BCUT2D eigenvalue weighted by atomic mass is 16.5. The van der Waals surface area contributed by atoms with E-state index in [1.807, 2.05) is 18.2 Å². The molecule has 0 unspecified atom stereocenters. The predicted molar refractivity (Wildman–Crippen MR) is 87.3 cm³/mol. The molecule has 1 saturated heterocycles. The molecular weight excluding hydrogens is 290 g/mol. The number of nitriles is 1. The van der Waals surface area contributed by atoms with E-state index < -0.39 is 0 Å². The molecule has 0 saturated carbocycles. The molecule has 0 atom stereocenters. The van der Waals surface area contributed by atoms with Crippen LogP contribution in [0.3, 0.4) is 0 Å². The standard InChI is InChI=1S/C17H19N5O/c18-13-15-3-1-2-4-16(15)23-12-11-21-7-9-22(10-8-21)17-14-19-5-6-20-17/h1-6,14H,7-12H2. The van der Waals surface area contributed by atoms with Gasteiger partial charge in [0.2, 0.25) is 0 Å². The van der Waals surface area contributed by atoms with E-state index in [-0.39, 0.29) is 0 Å². The van der Waals surface area contributed by atoms with Crippen LogP contribution in [0.2, 0.25) is 0 Å². The molecule has 2 heterocycles. The fourth-order valence-corrected chi connectivity index (χ4v) is 2.62. The zero-order valence-corrected chi connectivity index (χ0v) is 12.9. The van der Waals surface area contributed by atoms with Crippen LogP contribution in [0.15, 0.2) is 42.9 Å².